The lowest BCUT2D eigenvalue weighted by molar-refractivity contribution is 0.386. The van der Waals surface area contributed by atoms with Crippen molar-refractivity contribution >= 4 is 27.4 Å². The van der Waals surface area contributed by atoms with Gasteiger partial charge in [-0.15, -0.1) is 16.4 Å². The Morgan fingerprint density at radius 2 is 2.33 bits per heavy atom. The first-order chi connectivity index (χ1) is 11.8. The van der Waals surface area contributed by atoms with Crippen LogP contribution in [0.5, 0.6) is 0 Å². The Morgan fingerprint density at radius 3 is 3.21 bits per heavy atom. The van der Waals surface area contributed by atoms with Crippen LogP contribution < -0.4 is 10.2 Å². The first kappa shape index (κ1) is 15.5. The monoisotopic (exact) mass is 339 g/mol. The van der Waals surface area contributed by atoms with Crippen molar-refractivity contribution in [2.75, 3.05) is 18.0 Å². The Bertz CT molecular complexity index is 803. The molecule has 0 spiro atoms. The summed E-state index contributed by atoms with van der Waals surface area (Å²) < 4.78 is 1.26. The van der Waals surface area contributed by atoms with E-state index in [1.165, 1.54) is 23.1 Å². The summed E-state index contributed by atoms with van der Waals surface area (Å²) in [7, 11) is 0. The van der Waals surface area contributed by atoms with Gasteiger partial charge in [0.2, 0.25) is 0 Å². The van der Waals surface area contributed by atoms with E-state index in [4.69, 9.17) is 0 Å². The normalized spacial score (nSPS) is 19.5. The van der Waals surface area contributed by atoms with E-state index in [9.17, 15) is 0 Å². The molecule has 3 aromatic heterocycles. The van der Waals surface area contributed by atoms with E-state index in [-0.39, 0.29) is 6.04 Å². The predicted octanol–water partition coefficient (Wildman–Crippen LogP) is 3.41. The molecular formula is C18H21N5S. The summed E-state index contributed by atoms with van der Waals surface area (Å²) in [5.41, 5.74) is 2.34. The minimum absolute atomic E-state index is 0.288. The number of aromatic nitrogens is 3. The number of hydrogen-bond acceptors (Lipinski definition) is 6. The lowest BCUT2D eigenvalue weighted by Gasteiger charge is -2.35. The summed E-state index contributed by atoms with van der Waals surface area (Å²) >= 11 is 1.75. The van der Waals surface area contributed by atoms with E-state index < -0.39 is 0 Å². The molecule has 1 aliphatic heterocycles. The van der Waals surface area contributed by atoms with Crippen molar-refractivity contribution in [1.82, 2.24) is 20.5 Å². The quantitative estimate of drug-likeness (QED) is 0.789. The summed E-state index contributed by atoms with van der Waals surface area (Å²) in [5.74, 6) is 0.971. The van der Waals surface area contributed by atoms with Crippen LogP contribution in [-0.2, 0) is 0 Å². The van der Waals surface area contributed by atoms with Crippen molar-refractivity contribution in [2.24, 2.45) is 0 Å². The molecule has 0 aromatic carbocycles. The van der Waals surface area contributed by atoms with Gasteiger partial charge in [0.1, 0.15) is 0 Å². The second kappa shape index (κ2) is 6.83. The molecule has 1 fully saturated rings. The van der Waals surface area contributed by atoms with Crippen LogP contribution in [0.3, 0.4) is 0 Å². The smallest absolute Gasteiger partial charge is 0.151 e. The van der Waals surface area contributed by atoms with Crippen LogP contribution >= 0.6 is 11.3 Å². The van der Waals surface area contributed by atoms with Crippen LogP contribution in [0.4, 0.5) is 5.82 Å². The van der Waals surface area contributed by atoms with E-state index >= 15 is 0 Å². The number of thiophene rings is 1. The van der Waals surface area contributed by atoms with Crippen molar-refractivity contribution in [1.29, 1.82) is 0 Å². The Labute approximate surface area is 145 Å². The minimum atomic E-state index is 0.288. The fraction of sp³-hybridized carbons (Fsp3) is 0.389. The molecule has 0 bridgehead atoms. The maximum atomic E-state index is 4.56. The van der Waals surface area contributed by atoms with Gasteiger partial charge in [0.15, 0.2) is 5.82 Å². The lowest BCUT2D eigenvalue weighted by atomic mass is 10.0. The zero-order valence-electron chi connectivity index (χ0n) is 13.7. The summed E-state index contributed by atoms with van der Waals surface area (Å²) in [6.45, 7) is 4.24. The summed E-state index contributed by atoms with van der Waals surface area (Å²) in [6, 6.07) is 9.05. The molecule has 0 amide bonds. The third-order valence-electron chi connectivity index (χ3n) is 4.61. The molecule has 4 heterocycles. The Balaban J connectivity index is 1.44. The van der Waals surface area contributed by atoms with Gasteiger partial charge >= 0.3 is 0 Å². The zero-order valence-corrected chi connectivity index (χ0v) is 14.5. The van der Waals surface area contributed by atoms with Gasteiger partial charge in [0.25, 0.3) is 0 Å². The molecular weight excluding hydrogens is 318 g/mol. The predicted molar refractivity (Wildman–Crippen MR) is 98.4 cm³/mol. The number of hydrogen-bond donors (Lipinski definition) is 1. The molecule has 0 aliphatic carbocycles. The van der Waals surface area contributed by atoms with E-state index in [1.807, 2.05) is 18.3 Å². The Kier molecular flexibility index (Phi) is 4.40. The molecule has 0 saturated carbocycles. The number of piperidine rings is 1. The molecule has 1 aliphatic rings. The third-order valence-corrected chi connectivity index (χ3v) is 5.47. The van der Waals surface area contributed by atoms with Crippen molar-refractivity contribution in [3.8, 4) is 0 Å². The van der Waals surface area contributed by atoms with Crippen LogP contribution in [0, 0.1) is 0 Å². The van der Waals surface area contributed by atoms with Crippen LogP contribution in [0.2, 0.25) is 0 Å². The molecule has 2 atom stereocenters. The van der Waals surface area contributed by atoms with Crippen molar-refractivity contribution in [3.05, 3.63) is 47.6 Å². The van der Waals surface area contributed by atoms with Gasteiger partial charge in [-0.05, 0) is 55.0 Å². The lowest BCUT2D eigenvalue weighted by Crippen LogP contribution is -2.46. The average Bonchev–Trinajstić information content (AvgIpc) is 3.10. The topological polar surface area (TPSA) is 53.9 Å². The number of rotatable bonds is 4. The van der Waals surface area contributed by atoms with Gasteiger partial charge in [-0.2, -0.15) is 5.10 Å². The molecule has 124 valence electrons. The molecule has 5 nitrogen and oxygen atoms in total. The standard InChI is InChI=1S/C18H21N5S/c1-13(14-10-17-16(19-11-14)6-9-24-17)21-15-4-3-8-23(12-15)18-5-2-7-20-22-18/h2,5-7,9-11,13,15,21H,3-4,8,12H2,1H3/t13-,15-/m0/s1. The van der Waals surface area contributed by atoms with Crippen LogP contribution in [0.15, 0.2) is 42.0 Å². The number of nitrogens with one attached hydrogen (secondary N) is 1. The number of fused-ring (bicyclic) bond motifs is 1. The van der Waals surface area contributed by atoms with Gasteiger partial charge in [-0.25, -0.2) is 0 Å². The largest absolute Gasteiger partial charge is 0.354 e. The fourth-order valence-electron chi connectivity index (χ4n) is 3.33. The Hall–Kier alpha value is -2.05. The average molecular weight is 339 g/mol. The van der Waals surface area contributed by atoms with Gasteiger partial charge in [-0.1, -0.05) is 0 Å². The molecule has 24 heavy (non-hydrogen) atoms. The Morgan fingerprint density at radius 1 is 1.38 bits per heavy atom. The molecule has 6 heteroatoms. The van der Waals surface area contributed by atoms with Crippen molar-refractivity contribution < 1.29 is 0 Å². The van der Waals surface area contributed by atoms with E-state index in [0.717, 1.165) is 24.4 Å². The summed E-state index contributed by atoms with van der Waals surface area (Å²) in [5, 5.41) is 14.1. The number of nitrogens with zero attached hydrogens (tertiary/aromatic N) is 4. The maximum Gasteiger partial charge on any atom is 0.151 e. The van der Waals surface area contributed by atoms with Gasteiger partial charge in [0, 0.05) is 37.6 Å². The first-order valence-corrected chi connectivity index (χ1v) is 9.29. The summed E-state index contributed by atoms with van der Waals surface area (Å²) in [6.07, 6.45) is 6.08. The highest BCUT2D eigenvalue weighted by molar-refractivity contribution is 7.17. The fourth-order valence-corrected chi connectivity index (χ4v) is 4.12. The maximum absolute atomic E-state index is 4.56. The first-order valence-electron chi connectivity index (χ1n) is 8.41. The third kappa shape index (κ3) is 3.25. The van der Waals surface area contributed by atoms with Crippen LogP contribution in [0.1, 0.15) is 31.4 Å². The van der Waals surface area contributed by atoms with Crippen LogP contribution in [0.25, 0.3) is 10.2 Å². The van der Waals surface area contributed by atoms with Gasteiger partial charge in [-0.3, -0.25) is 4.98 Å². The van der Waals surface area contributed by atoms with Gasteiger partial charge in [0.05, 0.1) is 10.2 Å². The highest BCUT2D eigenvalue weighted by Crippen LogP contribution is 2.24. The molecule has 0 unspecified atom stereocenters. The van der Waals surface area contributed by atoms with E-state index in [0.29, 0.717) is 6.04 Å². The van der Waals surface area contributed by atoms with E-state index in [1.54, 1.807) is 17.5 Å². The SMILES string of the molecule is C[C@H](N[C@H]1CCCN(c2cccnn2)C1)c1cnc2ccsc2c1. The summed E-state index contributed by atoms with van der Waals surface area (Å²) in [4.78, 5) is 6.88. The van der Waals surface area contributed by atoms with Crippen LogP contribution in [-0.4, -0.2) is 34.3 Å². The molecule has 0 radical (unpaired) electrons. The van der Waals surface area contributed by atoms with E-state index in [2.05, 4.69) is 49.8 Å². The zero-order chi connectivity index (χ0) is 16.4. The molecule has 4 rings (SSSR count). The number of pyridine rings is 1. The highest BCUT2D eigenvalue weighted by Gasteiger charge is 2.22. The molecule has 1 saturated heterocycles. The second-order valence-corrected chi connectivity index (χ2v) is 7.28. The minimum Gasteiger partial charge on any atom is -0.354 e. The highest BCUT2D eigenvalue weighted by atomic mass is 32.1. The van der Waals surface area contributed by atoms with Gasteiger partial charge < -0.3 is 10.2 Å². The molecule has 1 N–H and O–H groups in total. The van der Waals surface area contributed by atoms with Crippen molar-refractivity contribution in [3.63, 3.8) is 0 Å². The van der Waals surface area contributed by atoms with Crippen molar-refractivity contribution in [2.45, 2.75) is 31.8 Å². The number of anilines is 1. The molecule has 3 aromatic rings. The second-order valence-electron chi connectivity index (χ2n) is 6.33.